The summed E-state index contributed by atoms with van der Waals surface area (Å²) in [6, 6.07) is 22.7. The molecule has 0 heterocycles. The number of esters is 2. The van der Waals surface area contributed by atoms with E-state index in [1.165, 1.54) is 12.1 Å². The molecule has 0 aliphatic rings. The van der Waals surface area contributed by atoms with Crippen molar-refractivity contribution in [1.29, 1.82) is 0 Å². The third kappa shape index (κ3) is 9.12. The molecule has 2 N–H and O–H groups in total. The first-order chi connectivity index (χ1) is 18.9. The van der Waals surface area contributed by atoms with Crippen molar-refractivity contribution >= 4 is 29.7 Å². The standard InChI is InChI=1S/C29H28N2O8/c1-37-25(33)17-23(24(32)19-38-28(35)22-15-9-4-10-16-22)30-27(34)26(21-13-7-3-8-14-21)31-29(36)39-18-20-11-5-2-6-12-20/h2-16,23,26H,17-19H2,1H3,(H,30,34)(H,31,36). The molecule has 3 aromatic rings. The van der Waals surface area contributed by atoms with Gasteiger partial charge in [-0.3, -0.25) is 14.4 Å². The Balaban J connectivity index is 1.70. The second kappa shape index (κ2) is 14.7. The number of methoxy groups -OCH3 is 1. The lowest BCUT2D eigenvalue weighted by Gasteiger charge is -2.22. The Labute approximate surface area is 225 Å². The summed E-state index contributed by atoms with van der Waals surface area (Å²) in [6.45, 7) is -0.718. The van der Waals surface area contributed by atoms with Crippen LogP contribution in [0.3, 0.4) is 0 Å². The van der Waals surface area contributed by atoms with E-state index in [1.54, 1.807) is 72.8 Å². The summed E-state index contributed by atoms with van der Waals surface area (Å²) in [6.07, 6.45) is -1.38. The quantitative estimate of drug-likeness (QED) is 0.268. The van der Waals surface area contributed by atoms with Gasteiger partial charge < -0.3 is 24.8 Å². The number of alkyl carbamates (subject to hydrolysis) is 1. The maximum absolute atomic E-state index is 13.3. The number of ether oxygens (including phenoxy) is 3. The molecule has 2 atom stereocenters. The van der Waals surface area contributed by atoms with E-state index >= 15 is 0 Å². The van der Waals surface area contributed by atoms with Gasteiger partial charge in [0.1, 0.15) is 18.7 Å². The molecule has 3 aromatic carbocycles. The van der Waals surface area contributed by atoms with Crippen LogP contribution in [0.25, 0.3) is 0 Å². The predicted molar refractivity (Wildman–Crippen MR) is 139 cm³/mol. The molecule has 0 aromatic heterocycles. The zero-order valence-corrected chi connectivity index (χ0v) is 21.2. The Morgan fingerprint density at radius 1 is 0.744 bits per heavy atom. The van der Waals surface area contributed by atoms with Crippen molar-refractivity contribution < 1.29 is 38.2 Å². The van der Waals surface area contributed by atoms with E-state index < -0.39 is 54.8 Å². The van der Waals surface area contributed by atoms with E-state index in [-0.39, 0.29) is 12.2 Å². The number of Topliss-reactive ketones (excluding diaryl/α,β-unsaturated/α-hetero) is 1. The van der Waals surface area contributed by atoms with Gasteiger partial charge in [-0.05, 0) is 23.3 Å². The van der Waals surface area contributed by atoms with Crippen molar-refractivity contribution in [1.82, 2.24) is 10.6 Å². The Morgan fingerprint density at radius 2 is 1.33 bits per heavy atom. The van der Waals surface area contributed by atoms with Crippen LogP contribution in [0.15, 0.2) is 91.0 Å². The highest BCUT2D eigenvalue weighted by atomic mass is 16.5. The summed E-state index contributed by atoms with van der Waals surface area (Å²) in [7, 11) is 1.14. The Morgan fingerprint density at radius 3 is 1.95 bits per heavy atom. The monoisotopic (exact) mass is 532 g/mol. The average molecular weight is 533 g/mol. The summed E-state index contributed by atoms with van der Waals surface area (Å²) >= 11 is 0. The molecule has 0 saturated carbocycles. The molecule has 0 aliphatic heterocycles. The number of carbonyl (C=O) groups excluding carboxylic acids is 5. The molecule has 0 fully saturated rings. The molecule has 0 aliphatic carbocycles. The Hall–Kier alpha value is -4.99. The second-order valence-corrected chi connectivity index (χ2v) is 8.30. The van der Waals surface area contributed by atoms with Crippen LogP contribution >= 0.6 is 0 Å². The van der Waals surface area contributed by atoms with Crippen molar-refractivity contribution in [2.45, 2.75) is 25.1 Å². The molecule has 0 spiro atoms. The minimum atomic E-state index is -1.39. The fourth-order valence-electron chi connectivity index (χ4n) is 3.47. The van der Waals surface area contributed by atoms with Crippen LogP contribution < -0.4 is 10.6 Å². The van der Waals surface area contributed by atoms with Crippen LogP contribution in [-0.4, -0.2) is 49.5 Å². The number of rotatable bonds is 12. The largest absolute Gasteiger partial charge is 0.469 e. The van der Waals surface area contributed by atoms with Gasteiger partial charge in [0.05, 0.1) is 19.1 Å². The summed E-state index contributed by atoms with van der Waals surface area (Å²) in [5.74, 6) is -3.03. The van der Waals surface area contributed by atoms with Crippen molar-refractivity contribution in [3.63, 3.8) is 0 Å². The molecule has 0 bridgehead atoms. The van der Waals surface area contributed by atoms with E-state index in [1.807, 2.05) is 6.07 Å². The maximum Gasteiger partial charge on any atom is 0.408 e. The van der Waals surface area contributed by atoms with E-state index in [9.17, 15) is 24.0 Å². The normalized spacial score (nSPS) is 11.8. The smallest absolute Gasteiger partial charge is 0.408 e. The molecular weight excluding hydrogens is 504 g/mol. The fourth-order valence-corrected chi connectivity index (χ4v) is 3.47. The molecule has 10 heteroatoms. The minimum Gasteiger partial charge on any atom is -0.469 e. The number of hydrogen-bond donors (Lipinski definition) is 2. The van der Waals surface area contributed by atoms with Gasteiger partial charge in [0.25, 0.3) is 0 Å². The molecule has 10 nitrogen and oxygen atoms in total. The van der Waals surface area contributed by atoms with Gasteiger partial charge in [0, 0.05) is 0 Å². The van der Waals surface area contributed by atoms with E-state index in [0.717, 1.165) is 12.7 Å². The van der Waals surface area contributed by atoms with Gasteiger partial charge >= 0.3 is 18.0 Å². The Bertz CT molecular complexity index is 1270. The highest BCUT2D eigenvalue weighted by Crippen LogP contribution is 2.15. The summed E-state index contributed by atoms with van der Waals surface area (Å²) < 4.78 is 15.0. The number of carbonyl (C=O) groups is 5. The van der Waals surface area contributed by atoms with Crippen LogP contribution in [0, 0.1) is 0 Å². The summed E-state index contributed by atoms with van der Waals surface area (Å²) in [4.78, 5) is 63.0. The lowest BCUT2D eigenvalue weighted by molar-refractivity contribution is -0.143. The molecular formula is C29H28N2O8. The maximum atomic E-state index is 13.3. The van der Waals surface area contributed by atoms with Gasteiger partial charge in [0.2, 0.25) is 5.91 Å². The zero-order valence-electron chi connectivity index (χ0n) is 21.2. The van der Waals surface area contributed by atoms with Crippen LogP contribution in [0.4, 0.5) is 4.79 Å². The highest BCUT2D eigenvalue weighted by Gasteiger charge is 2.30. The number of nitrogens with one attached hydrogen (secondary N) is 2. The molecule has 2 amide bonds. The first-order valence-corrected chi connectivity index (χ1v) is 12.0. The van der Waals surface area contributed by atoms with Crippen LogP contribution in [0.1, 0.15) is 33.9 Å². The van der Waals surface area contributed by atoms with Gasteiger partial charge in [-0.2, -0.15) is 0 Å². The summed E-state index contributed by atoms with van der Waals surface area (Å²) in [5.41, 5.74) is 1.40. The molecule has 3 rings (SSSR count). The Kier molecular flexibility index (Phi) is 10.8. The molecule has 0 saturated heterocycles. The highest BCUT2D eigenvalue weighted by molar-refractivity contribution is 5.97. The van der Waals surface area contributed by atoms with Crippen LogP contribution in [0.5, 0.6) is 0 Å². The predicted octanol–water partition coefficient (Wildman–Crippen LogP) is 3.13. The average Bonchev–Trinajstić information content (AvgIpc) is 2.98. The van der Waals surface area contributed by atoms with Crippen molar-refractivity contribution in [3.05, 3.63) is 108 Å². The molecule has 0 radical (unpaired) electrons. The molecule has 202 valence electrons. The number of amides is 2. The van der Waals surface area contributed by atoms with E-state index in [0.29, 0.717) is 5.56 Å². The van der Waals surface area contributed by atoms with Crippen LogP contribution in [0.2, 0.25) is 0 Å². The van der Waals surface area contributed by atoms with Crippen molar-refractivity contribution in [2.75, 3.05) is 13.7 Å². The van der Waals surface area contributed by atoms with E-state index in [2.05, 4.69) is 15.4 Å². The molecule has 2 unspecified atom stereocenters. The third-order valence-corrected chi connectivity index (χ3v) is 5.53. The number of benzene rings is 3. The van der Waals surface area contributed by atoms with Crippen LogP contribution in [-0.2, 0) is 35.2 Å². The topological polar surface area (TPSA) is 137 Å². The SMILES string of the molecule is COC(=O)CC(NC(=O)C(NC(=O)OCc1ccccc1)c1ccccc1)C(=O)COC(=O)c1ccccc1. The summed E-state index contributed by atoms with van der Waals surface area (Å²) in [5, 5.41) is 4.97. The molecule has 39 heavy (non-hydrogen) atoms. The minimum absolute atomic E-state index is 0.0218. The first kappa shape index (κ1) is 28.6. The first-order valence-electron chi connectivity index (χ1n) is 12.0. The third-order valence-electron chi connectivity index (χ3n) is 5.53. The van der Waals surface area contributed by atoms with Gasteiger partial charge in [0.15, 0.2) is 12.4 Å². The lowest BCUT2D eigenvalue weighted by atomic mass is 10.0. The lowest BCUT2D eigenvalue weighted by Crippen LogP contribution is -2.49. The van der Waals surface area contributed by atoms with Crippen molar-refractivity contribution in [3.8, 4) is 0 Å². The van der Waals surface area contributed by atoms with Crippen molar-refractivity contribution in [2.24, 2.45) is 0 Å². The van der Waals surface area contributed by atoms with Gasteiger partial charge in [-0.1, -0.05) is 78.9 Å². The second-order valence-electron chi connectivity index (χ2n) is 8.30. The number of ketones is 1. The number of hydrogen-bond acceptors (Lipinski definition) is 8. The van der Waals surface area contributed by atoms with E-state index in [4.69, 9.17) is 9.47 Å². The van der Waals surface area contributed by atoms with Gasteiger partial charge in [-0.25, -0.2) is 9.59 Å². The van der Waals surface area contributed by atoms with Gasteiger partial charge in [-0.15, -0.1) is 0 Å². The zero-order chi connectivity index (χ0) is 28.0. The fraction of sp³-hybridized carbons (Fsp3) is 0.207.